The summed E-state index contributed by atoms with van der Waals surface area (Å²) < 4.78 is 0. The van der Waals surface area contributed by atoms with Crippen LogP contribution in [0.25, 0.3) is 0 Å². The highest BCUT2D eigenvalue weighted by Crippen LogP contribution is 2.33. The van der Waals surface area contributed by atoms with E-state index in [0.29, 0.717) is 0 Å². The van der Waals surface area contributed by atoms with Gasteiger partial charge in [0, 0.05) is 23.9 Å². The quantitative estimate of drug-likeness (QED) is 0.832. The summed E-state index contributed by atoms with van der Waals surface area (Å²) in [5.74, 6) is 0.817. The van der Waals surface area contributed by atoms with Gasteiger partial charge in [0.05, 0.1) is 0 Å². The highest BCUT2D eigenvalue weighted by molar-refractivity contribution is 7.99. The monoisotopic (exact) mass is 256 g/mol. The highest BCUT2D eigenvalue weighted by atomic mass is 32.2. The third kappa shape index (κ3) is 3.39. The van der Waals surface area contributed by atoms with Crippen LogP contribution in [0.4, 0.5) is 0 Å². The Kier molecular flexibility index (Phi) is 5.19. The number of nitrogens with zero attached hydrogens (tertiary/aromatic N) is 1. The Hall–Kier alpha value is 0.270. The second-order valence-electron chi connectivity index (χ2n) is 5.75. The molecule has 3 heteroatoms. The lowest BCUT2D eigenvalue weighted by Gasteiger charge is -2.40. The van der Waals surface area contributed by atoms with Crippen molar-refractivity contribution < 1.29 is 0 Å². The molecule has 17 heavy (non-hydrogen) atoms. The van der Waals surface area contributed by atoms with Crippen LogP contribution in [0, 0.1) is 5.92 Å². The summed E-state index contributed by atoms with van der Waals surface area (Å²) in [7, 11) is 0. The van der Waals surface area contributed by atoms with E-state index in [0.717, 1.165) is 29.8 Å². The molecule has 0 aromatic heterocycles. The average molecular weight is 256 g/mol. The Balaban J connectivity index is 1.81. The molecule has 2 aliphatic rings. The lowest BCUT2D eigenvalue weighted by molar-refractivity contribution is 0.107. The number of rotatable bonds is 4. The van der Waals surface area contributed by atoms with Gasteiger partial charge in [0.2, 0.25) is 0 Å². The molecule has 2 rings (SSSR count). The Morgan fingerprint density at radius 2 is 2.12 bits per heavy atom. The topological polar surface area (TPSA) is 15.3 Å². The Labute approximate surface area is 111 Å². The van der Waals surface area contributed by atoms with Crippen molar-refractivity contribution in [2.45, 2.75) is 56.9 Å². The van der Waals surface area contributed by atoms with Crippen molar-refractivity contribution in [2.75, 3.05) is 25.9 Å². The molecule has 100 valence electrons. The first kappa shape index (κ1) is 13.7. The number of hydrogen-bond donors (Lipinski definition) is 1. The van der Waals surface area contributed by atoms with E-state index in [-0.39, 0.29) is 0 Å². The zero-order valence-electron chi connectivity index (χ0n) is 11.6. The van der Waals surface area contributed by atoms with Crippen molar-refractivity contribution in [3.05, 3.63) is 0 Å². The van der Waals surface area contributed by atoms with Crippen LogP contribution in [0.3, 0.4) is 0 Å². The minimum absolute atomic E-state index is 0.758. The zero-order valence-corrected chi connectivity index (χ0v) is 12.4. The van der Waals surface area contributed by atoms with Crippen LogP contribution in [0.5, 0.6) is 0 Å². The van der Waals surface area contributed by atoms with Gasteiger partial charge in [-0.2, -0.15) is 11.8 Å². The number of nitrogens with one attached hydrogen (secondary N) is 1. The molecule has 2 nitrogen and oxygen atoms in total. The fraction of sp³-hybridized carbons (Fsp3) is 1.00. The van der Waals surface area contributed by atoms with E-state index in [1.54, 1.807) is 0 Å². The van der Waals surface area contributed by atoms with Gasteiger partial charge in [0.25, 0.3) is 0 Å². The van der Waals surface area contributed by atoms with E-state index in [9.17, 15) is 0 Å². The molecule has 0 radical (unpaired) electrons. The number of likely N-dealkylation sites (tertiary alicyclic amines) is 1. The molecule has 0 spiro atoms. The van der Waals surface area contributed by atoms with Crippen molar-refractivity contribution in [3.63, 3.8) is 0 Å². The molecule has 1 saturated heterocycles. The number of piperidine rings is 1. The van der Waals surface area contributed by atoms with Crippen LogP contribution in [-0.2, 0) is 0 Å². The van der Waals surface area contributed by atoms with Gasteiger partial charge in [-0.15, -0.1) is 0 Å². The van der Waals surface area contributed by atoms with Gasteiger partial charge in [-0.05, 0) is 50.9 Å². The normalized spacial score (nSPS) is 39.7. The first-order chi connectivity index (χ1) is 8.24. The van der Waals surface area contributed by atoms with Crippen molar-refractivity contribution >= 4 is 11.8 Å². The summed E-state index contributed by atoms with van der Waals surface area (Å²) in [5.41, 5.74) is 0. The predicted octanol–water partition coefficient (Wildman–Crippen LogP) is 2.59. The average Bonchev–Trinajstić information content (AvgIpc) is 2.80. The van der Waals surface area contributed by atoms with Crippen molar-refractivity contribution in [2.24, 2.45) is 5.92 Å². The van der Waals surface area contributed by atoms with Gasteiger partial charge in [-0.1, -0.05) is 13.8 Å². The summed E-state index contributed by atoms with van der Waals surface area (Å²) in [4.78, 5) is 2.77. The summed E-state index contributed by atoms with van der Waals surface area (Å²) in [6, 6.07) is 1.64. The molecule has 2 fully saturated rings. The largest absolute Gasteiger partial charge is 0.314 e. The Morgan fingerprint density at radius 1 is 1.29 bits per heavy atom. The predicted molar refractivity (Wildman–Crippen MR) is 77.8 cm³/mol. The highest BCUT2D eigenvalue weighted by Gasteiger charge is 2.33. The molecule has 0 bridgehead atoms. The van der Waals surface area contributed by atoms with Crippen molar-refractivity contribution in [3.8, 4) is 0 Å². The molecule has 1 aliphatic heterocycles. The van der Waals surface area contributed by atoms with E-state index >= 15 is 0 Å². The first-order valence-corrected chi connectivity index (χ1v) is 8.53. The molecule has 0 aromatic rings. The van der Waals surface area contributed by atoms with Crippen LogP contribution < -0.4 is 5.32 Å². The Morgan fingerprint density at radius 3 is 2.71 bits per heavy atom. The van der Waals surface area contributed by atoms with E-state index in [1.165, 1.54) is 38.8 Å². The summed E-state index contributed by atoms with van der Waals surface area (Å²) >= 11 is 2.07. The SMILES string of the molecule is CCNC1CCN(C2CCC(SC)C2)CC1C. The van der Waals surface area contributed by atoms with Gasteiger partial charge >= 0.3 is 0 Å². The molecule has 1 aliphatic carbocycles. The van der Waals surface area contributed by atoms with Crippen LogP contribution in [0.2, 0.25) is 0 Å². The van der Waals surface area contributed by atoms with Gasteiger partial charge in [-0.3, -0.25) is 4.90 Å². The van der Waals surface area contributed by atoms with Gasteiger partial charge in [0.15, 0.2) is 0 Å². The van der Waals surface area contributed by atoms with Gasteiger partial charge in [-0.25, -0.2) is 0 Å². The lowest BCUT2D eigenvalue weighted by Crippen LogP contribution is -2.50. The summed E-state index contributed by atoms with van der Waals surface area (Å²) in [5, 5.41) is 4.57. The second kappa shape index (κ2) is 6.44. The summed E-state index contributed by atoms with van der Waals surface area (Å²) in [6.45, 7) is 8.38. The van der Waals surface area contributed by atoms with Crippen LogP contribution in [0.15, 0.2) is 0 Å². The maximum atomic E-state index is 3.63. The van der Waals surface area contributed by atoms with Crippen molar-refractivity contribution in [1.29, 1.82) is 0 Å². The standard InChI is InChI=1S/C14H28N2S/c1-4-15-14-7-8-16(10-11(14)2)12-5-6-13(9-12)17-3/h11-15H,4-10H2,1-3H3. The molecular weight excluding hydrogens is 228 g/mol. The van der Waals surface area contributed by atoms with Crippen LogP contribution in [-0.4, -0.2) is 48.1 Å². The molecule has 4 unspecified atom stereocenters. The van der Waals surface area contributed by atoms with Crippen LogP contribution >= 0.6 is 11.8 Å². The molecule has 0 aromatic carbocycles. The fourth-order valence-electron chi connectivity index (χ4n) is 3.54. The van der Waals surface area contributed by atoms with Crippen molar-refractivity contribution in [1.82, 2.24) is 10.2 Å². The number of thioether (sulfide) groups is 1. The maximum Gasteiger partial charge on any atom is 0.0117 e. The van der Waals surface area contributed by atoms with Gasteiger partial charge < -0.3 is 5.32 Å². The first-order valence-electron chi connectivity index (χ1n) is 7.24. The van der Waals surface area contributed by atoms with E-state index < -0.39 is 0 Å². The third-order valence-corrected chi connectivity index (χ3v) is 5.70. The van der Waals surface area contributed by atoms with E-state index in [1.807, 2.05) is 0 Å². The van der Waals surface area contributed by atoms with Crippen LogP contribution in [0.1, 0.15) is 39.5 Å². The minimum atomic E-state index is 0.758. The van der Waals surface area contributed by atoms with E-state index in [4.69, 9.17) is 0 Å². The smallest absolute Gasteiger partial charge is 0.0117 e. The fourth-order valence-corrected chi connectivity index (χ4v) is 4.32. The maximum absolute atomic E-state index is 3.63. The molecule has 0 amide bonds. The Bertz CT molecular complexity index is 234. The number of hydrogen-bond acceptors (Lipinski definition) is 3. The molecule has 1 heterocycles. The second-order valence-corrected chi connectivity index (χ2v) is 6.89. The molecular formula is C14H28N2S. The lowest BCUT2D eigenvalue weighted by atomic mass is 9.92. The minimum Gasteiger partial charge on any atom is -0.314 e. The zero-order chi connectivity index (χ0) is 12.3. The molecule has 1 saturated carbocycles. The third-order valence-electron chi connectivity index (χ3n) is 4.61. The molecule has 4 atom stereocenters. The van der Waals surface area contributed by atoms with E-state index in [2.05, 4.69) is 42.1 Å². The summed E-state index contributed by atoms with van der Waals surface area (Å²) in [6.07, 6.45) is 7.92. The molecule has 1 N–H and O–H groups in total. The van der Waals surface area contributed by atoms with Gasteiger partial charge in [0.1, 0.15) is 0 Å².